The van der Waals surface area contributed by atoms with E-state index in [9.17, 15) is 4.79 Å². The molecule has 1 heterocycles. The molecule has 0 radical (unpaired) electrons. The fourth-order valence-electron chi connectivity index (χ4n) is 1.22. The molecule has 3 nitrogen and oxygen atoms in total. The Bertz CT molecular complexity index is 187. The van der Waals surface area contributed by atoms with Crippen molar-refractivity contribution in [1.29, 1.82) is 0 Å². The molecule has 1 amide bonds. The van der Waals surface area contributed by atoms with Gasteiger partial charge in [-0.25, -0.2) is 0 Å². The van der Waals surface area contributed by atoms with E-state index in [1.54, 1.807) is 0 Å². The topological polar surface area (TPSA) is 32.3 Å². The van der Waals surface area contributed by atoms with Crippen LogP contribution in [0.5, 0.6) is 0 Å². The van der Waals surface area contributed by atoms with E-state index in [-0.39, 0.29) is 5.91 Å². The summed E-state index contributed by atoms with van der Waals surface area (Å²) in [6, 6.07) is 0.420. The van der Waals surface area contributed by atoms with Gasteiger partial charge in [0, 0.05) is 19.0 Å². The second-order valence-corrected chi connectivity index (χ2v) is 3.03. The number of nitrogens with one attached hydrogen (secondary N) is 1. The lowest BCUT2D eigenvalue weighted by Crippen LogP contribution is -2.45. The summed E-state index contributed by atoms with van der Waals surface area (Å²) in [5.41, 5.74) is 0. The molecule has 0 aliphatic carbocycles. The Kier molecular flexibility index (Phi) is 2.17. The summed E-state index contributed by atoms with van der Waals surface area (Å²) in [5.74, 6) is 0.808. The lowest BCUT2D eigenvalue weighted by Gasteiger charge is -2.34. The molecule has 3 heteroatoms. The van der Waals surface area contributed by atoms with Crippen LogP contribution >= 0.6 is 0 Å². The fraction of sp³-hybridized carbons (Fsp3) is 0.625. The van der Waals surface area contributed by atoms with Crippen molar-refractivity contribution in [3.8, 4) is 0 Å². The summed E-state index contributed by atoms with van der Waals surface area (Å²) in [4.78, 5) is 12.9. The molecule has 1 aliphatic rings. The highest BCUT2D eigenvalue weighted by Crippen LogP contribution is 2.10. The van der Waals surface area contributed by atoms with E-state index >= 15 is 0 Å². The third-order valence-corrected chi connectivity index (χ3v) is 1.83. The van der Waals surface area contributed by atoms with Gasteiger partial charge in [0.2, 0.25) is 5.91 Å². The van der Waals surface area contributed by atoms with Gasteiger partial charge < -0.3 is 10.2 Å². The molecule has 1 saturated heterocycles. The van der Waals surface area contributed by atoms with E-state index < -0.39 is 0 Å². The van der Waals surface area contributed by atoms with Gasteiger partial charge in [-0.2, -0.15) is 0 Å². The molecule has 1 N–H and O–H groups in total. The molecule has 1 rings (SSSR count). The highest BCUT2D eigenvalue weighted by Gasteiger charge is 2.19. The van der Waals surface area contributed by atoms with Crippen LogP contribution in [0.1, 0.15) is 20.3 Å². The molecule has 0 saturated carbocycles. The quantitative estimate of drug-likeness (QED) is 0.602. The predicted octanol–water partition coefficient (Wildman–Crippen LogP) is 0.688. The van der Waals surface area contributed by atoms with Gasteiger partial charge in [-0.15, -0.1) is 0 Å². The van der Waals surface area contributed by atoms with E-state index in [0.29, 0.717) is 12.5 Å². The average Bonchev–Trinajstić information content (AvgIpc) is 1.85. The van der Waals surface area contributed by atoms with Gasteiger partial charge in [-0.1, -0.05) is 6.58 Å². The predicted molar refractivity (Wildman–Crippen MR) is 43.7 cm³/mol. The van der Waals surface area contributed by atoms with Gasteiger partial charge in [0.15, 0.2) is 0 Å². The van der Waals surface area contributed by atoms with Crippen molar-refractivity contribution in [3.05, 3.63) is 12.4 Å². The number of carbonyl (C=O) groups is 1. The Balaban J connectivity index is 2.57. The lowest BCUT2D eigenvalue weighted by molar-refractivity contribution is -0.122. The van der Waals surface area contributed by atoms with E-state index in [1.165, 1.54) is 0 Å². The molecule has 0 aromatic heterocycles. The molecule has 1 fully saturated rings. The van der Waals surface area contributed by atoms with Crippen LogP contribution in [0.25, 0.3) is 0 Å². The molecule has 0 unspecified atom stereocenters. The maximum atomic E-state index is 10.8. The van der Waals surface area contributed by atoms with Crippen molar-refractivity contribution in [2.24, 2.45) is 0 Å². The molecule has 11 heavy (non-hydrogen) atoms. The Morgan fingerprint density at radius 2 is 2.27 bits per heavy atom. The highest BCUT2D eigenvalue weighted by atomic mass is 16.1. The largest absolute Gasteiger partial charge is 0.356 e. The van der Waals surface area contributed by atoms with E-state index in [2.05, 4.69) is 30.6 Å². The van der Waals surface area contributed by atoms with E-state index in [0.717, 1.165) is 12.4 Å². The number of hydrogen-bond donors (Lipinski definition) is 1. The van der Waals surface area contributed by atoms with Crippen LogP contribution in [-0.2, 0) is 4.79 Å². The monoisotopic (exact) mass is 154 g/mol. The molecule has 1 aliphatic heterocycles. The average molecular weight is 154 g/mol. The number of amides is 1. The fourth-order valence-corrected chi connectivity index (χ4v) is 1.22. The Labute approximate surface area is 67.1 Å². The molecule has 0 aromatic carbocycles. The van der Waals surface area contributed by atoms with Crippen LogP contribution in [0.4, 0.5) is 0 Å². The minimum Gasteiger partial charge on any atom is -0.356 e. The number of nitrogens with zero attached hydrogens (tertiary/aromatic N) is 1. The summed E-state index contributed by atoms with van der Waals surface area (Å²) in [6.45, 7) is 8.73. The standard InChI is InChI=1S/C8H14N2O/c1-6(2)10-5-4-8(11)9-7(10)3/h6H,3-5H2,1-2H3,(H,9,11). The SMILES string of the molecule is C=C1NC(=O)CCN1C(C)C. The van der Waals surface area contributed by atoms with Gasteiger partial charge in [0.25, 0.3) is 0 Å². The Morgan fingerprint density at radius 3 is 2.73 bits per heavy atom. The van der Waals surface area contributed by atoms with Crippen LogP contribution in [0.3, 0.4) is 0 Å². The molecule has 0 atom stereocenters. The second kappa shape index (κ2) is 2.95. The van der Waals surface area contributed by atoms with Crippen LogP contribution in [0.15, 0.2) is 12.4 Å². The van der Waals surface area contributed by atoms with Gasteiger partial charge in [0.05, 0.1) is 0 Å². The first-order valence-corrected chi connectivity index (χ1v) is 3.86. The van der Waals surface area contributed by atoms with Gasteiger partial charge in [-0.05, 0) is 13.8 Å². The summed E-state index contributed by atoms with van der Waals surface area (Å²) >= 11 is 0. The van der Waals surface area contributed by atoms with E-state index in [4.69, 9.17) is 0 Å². The van der Waals surface area contributed by atoms with Crippen LogP contribution in [0.2, 0.25) is 0 Å². The first-order chi connectivity index (χ1) is 5.11. The Morgan fingerprint density at radius 1 is 1.64 bits per heavy atom. The van der Waals surface area contributed by atoms with Gasteiger partial charge >= 0.3 is 0 Å². The number of hydrogen-bond acceptors (Lipinski definition) is 2. The first-order valence-electron chi connectivity index (χ1n) is 3.86. The minimum absolute atomic E-state index is 0.0758. The van der Waals surface area contributed by atoms with Crippen molar-refractivity contribution in [2.75, 3.05) is 6.54 Å². The van der Waals surface area contributed by atoms with Crippen molar-refractivity contribution < 1.29 is 4.79 Å². The third-order valence-electron chi connectivity index (χ3n) is 1.83. The summed E-state index contributed by atoms with van der Waals surface area (Å²) < 4.78 is 0. The lowest BCUT2D eigenvalue weighted by atomic mass is 10.2. The van der Waals surface area contributed by atoms with Crippen molar-refractivity contribution in [2.45, 2.75) is 26.3 Å². The molecule has 0 aromatic rings. The molecular weight excluding hydrogens is 140 g/mol. The highest BCUT2D eigenvalue weighted by molar-refractivity contribution is 5.78. The summed E-state index contributed by atoms with van der Waals surface area (Å²) in [7, 11) is 0. The summed E-state index contributed by atoms with van der Waals surface area (Å²) in [5, 5.41) is 2.70. The maximum Gasteiger partial charge on any atom is 0.227 e. The van der Waals surface area contributed by atoms with Crippen molar-refractivity contribution in [3.63, 3.8) is 0 Å². The van der Waals surface area contributed by atoms with Crippen LogP contribution < -0.4 is 5.32 Å². The second-order valence-electron chi connectivity index (χ2n) is 3.03. The third kappa shape index (κ3) is 1.73. The summed E-state index contributed by atoms with van der Waals surface area (Å²) in [6.07, 6.45) is 0.581. The zero-order valence-corrected chi connectivity index (χ0v) is 7.05. The molecular formula is C8H14N2O. The van der Waals surface area contributed by atoms with Crippen LogP contribution in [0, 0.1) is 0 Å². The minimum atomic E-state index is 0.0758. The first kappa shape index (κ1) is 8.11. The smallest absolute Gasteiger partial charge is 0.227 e. The normalized spacial score (nSPS) is 19.0. The number of rotatable bonds is 1. The van der Waals surface area contributed by atoms with Crippen molar-refractivity contribution in [1.82, 2.24) is 10.2 Å². The molecule has 62 valence electrons. The maximum absolute atomic E-state index is 10.8. The van der Waals surface area contributed by atoms with Gasteiger partial charge in [0.1, 0.15) is 5.82 Å². The number of carbonyl (C=O) groups excluding carboxylic acids is 1. The molecule has 0 bridgehead atoms. The van der Waals surface area contributed by atoms with Crippen LogP contribution in [-0.4, -0.2) is 23.4 Å². The molecule has 0 spiro atoms. The zero-order chi connectivity index (χ0) is 8.43. The van der Waals surface area contributed by atoms with Crippen molar-refractivity contribution >= 4 is 5.91 Å². The zero-order valence-electron chi connectivity index (χ0n) is 7.05. The van der Waals surface area contributed by atoms with Gasteiger partial charge in [-0.3, -0.25) is 4.79 Å². The van der Waals surface area contributed by atoms with E-state index in [1.807, 2.05) is 0 Å². The Hall–Kier alpha value is -0.990.